The van der Waals surface area contributed by atoms with Gasteiger partial charge in [-0.3, -0.25) is 14.5 Å². The van der Waals surface area contributed by atoms with Gasteiger partial charge in [0.25, 0.3) is 11.1 Å². The zero-order chi connectivity index (χ0) is 20.4. The Labute approximate surface area is 172 Å². The highest BCUT2D eigenvalue weighted by molar-refractivity contribution is 8.18. The number of aromatic nitrogens is 1. The molecule has 140 valence electrons. The molecule has 2 heterocycles. The zero-order valence-corrected chi connectivity index (χ0v) is 16.1. The summed E-state index contributed by atoms with van der Waals surface area (Å²) in [5.41, 5.74) is 2.90. The highest BCUT2D eigenvalue weighted by Crippen LogP contribution is 2.35. The van der Waals surface area contributed by atoms with E-state index in [2.05, 4.69) is 12.0 Å². The van der Waals surface area contributed by atoms with Gasteiger partial charge in [0.2, 0.25) is 0 Å². The van der Waals surface area contributed by atoms with Crippen LogP contribution in [0.2, 0.25) is 0 Å². The Morgan fingerprint density at radius 1 is 1.10 bits per heavy atom. The fraction of sp³-hybridized carbons (Fsp3) is 0.0870. The van der Waals surface area contributed by atoms with E-state index < -0.39 is 0 Å². The van der Waals surface area contributed by atoms with Crippen LogP contribution in [0.15, 0.2) is 59.6 Å². The molecule has 3 aromatic rings. The van der Waals surface area contributed by atoms with Gasteiger partial charge in [-0.15, -0.1) is 6.42 Å². The maximum absolute atomic E-state index is 12.9. The van der Waals surface area contributed by atoms with Crippen molar-refractivity contribution in [2.45, 2.75) is 13.1 Å². The number of amides is 2. The Bertz CT molecular complexity index is 1260. The van der Waals surface area contributed by atoms with Crippen LogP contribution in [0.1, 0.15) is 16.7 Å². The number of nitriles is 1. The number of imide groups is 1. The van der Waals surface area contributed by atoms with Crippen molar-refractivity contribution in [2.75, 3.05) is 0 Å². The van der Waals surface area contributed by atoms with Gasteiger partial charge in [-0.25, -0.2) is 0 Å². The predicted molar refractivity (Wildman–Crippen MR) is 113 cm³/mol. The number of benzene rings is 2. The molecule has 0 unspecified atom stereocenters. The van der Waals surface area contributed by atoms with E-state index in [1.54, 1.807) is 30.3 Å². The van der Waals surface area contributed by atoms with Crippen LogP contribution in [0, 0.1) is 23.7 Å². The van der Waals surface area contributed by atoms with E-state index in [1.165, 1.54) is 4.90 Å². The van der Waals surface area contributed by atoms with Crippen molar-refractivity contribution < 1.29 is 9.59 Å². The molecule has 5 nitrogen and oxygen atoms in total. The third-order valence-electron chi connectivity index (χ3n) is 4.71. The average Bonchev–Trinajstić information content (AvgIpc) is 3.21. The minimum Gasteiger partial charge on any atom is -0.335 e. The maximum atomic E-state index is 12.9. The minimum absolute atomic E-state index is 0.0740. The van der Waals surface area contributed by atoms with E-state index in [0.717, 1.165) is 28.2 Å². The molecule has 0 spiro atoms. The fourth-order valence-electron chi connectivity index (χ4n) is 3.33. The SMILES string of the molecule is C#CCn1cc(/C=C2/SC(=O)N(Cc3ccccc3C#N)C2=O)c2ccccc21. The number of hydrogen-bond donors (Lipinski definition) is 0. The summed E-state index contributed by atoms with van der Waals surface area (Å²) in [4.78, 5) is 26.9. The van der Waals surface area contributed by atoms with Crippen molar-refractivity contribution in [1.29, 1.82) is 5.26 Å². The lowest BCUT2D eigenvalue weighted by Gasteiger charge is -2.13. The van der Waals surface area contributed by atoms with Crippen molar-refractivity contribution in [3.8, 4) is 18.4 Å². The number of para-hydroxylation sites is 1. The average molecular weight is 397 g/mol. The van der Waals surface area contributed by atoms with Gasteiger partial charge in [0.05, 0.1) is 29.6 Å². The Hall–Kier alpha value is -3.74. The number of thioether (sulfide) groups is 1. The summed E-state index contributed by atoms with van der Waals surface area (Å²) >= 11 is 0.907. The standard InChI is InChI=1S/C23H15N3O2S/c1-2-11-25-14-18(19-9-5-6-10-20(19)25)12-21-22(27)26(23(28)29-21)15-17-8-4-3-7-16(17)13-24/h1,3-10,12,14H,11,15H2/b21-12+. The van der Waals surface area contributed by atoms with Gasteiger partial charge in [-0.1, -0.05) is 42.3 Å². The summed E-state index contributed by atoms with van der Waals surface area (Å²) in [7, 11) is 0. The van der Waals surface area contributed by atoms with Gasteiger partial charge in [-0.05, 0) is 35.5 Å². The van der Waals surface area contributed by atoms with Crippen LogP contribution in [0.4, 0.5) is 4.79 Å². The van der Waals surface area contributed by atoms with Crippen LogP contribution in [0.25, 0.3) is 17.0 Å². The van der Waals surface area contributed by atoms with Gasteiger partial charge in [0.15, 0.2) is 0 Å². The molecule has 0 N–H and O–H groups in total. The Kier molecular flexibility index (Phi) is 4.95. The Morgan fingerprint density at radius 3 is 2.66 bits per heavy atom. The molecule has 0 atom stereocenters. The van der Waals surface area contributed by atoms with E-state index in [9.17, 15) is 14.9 Å². The first-order valence-electron chi connectivity index (χ1n) is 8.87. The molecule has 2 aromatic carbocycles. The summed E-state index contributed by atoms with van der Waals surface area (Å²) < 4.78 is 1.94. The molecule has 6 heteroatoms. The van der Waals surface area contributed by atoms with Crippen LogP contribution in [0.5, 0.6) is 0 Å². The third kappa shape index (κ3) is 3.42. The monoisotopic (exact) mass is 397 g/mol. The molecule has 0 saturated carbocycles. The molecule has 0 radical (unpaired) electrons. The quantitative estimate of drug-likeness (QED) is 0.484. The lowest BCUT2D eigenvalue weighted by atomic mass is 10.1. The second kappa shape index (κ2) is 7.71. The van der Waals surface area contributed by atoms with Gasteiger partial charge in [-0.2, -0.15) is 5.26 Å². The van der Waals surface area contributed by atoms with Crippen molar-refractivity contribution in [2.24, 2.45) is 0 Å². The third-order valence-corrected chi connectivity index (χ3v) is 5.61. The van der Waals surface area contributed by atoms with Crippen LogP contribution in [-0.2, 0) is 17.9 Å². The first-order valence-corrected chi connectivity index (χ1v) is 9.68. The summed E-state index contributed by atoms with van der Waals surface area (Å²) in [5, 5.41) is 9.86. The van der Waals surface area contributed by atoms with Crippen molar-refractivity contribution in [3.63, 3.8) is 0 Å². The van der Waals surface area contributed by atoms with Gasteiger partial charge >= 0.3 is 0 Å². The lowest BCUT2D eigenvalue weighted by molar-refractivity contribution is -0.123. The first kappa shape index (κ1) is 18.6. The molecule has 1 fully saturated rings. The second-order valence-electron chi connectivity index (χ2n) is 6.47. The second-order valence-corrected chi connectivity index (χ2v) is 7.46. The predicted octanol–water partition coefficient (Wildman–Crippen LogP) is 4.38. The number of carbonyl (C=O) groups is 2. The molecule has 4 rings (SSSR count). The van der Waals surface area contributed by atoms with Crippen molar-refractivity contribution >= 4 is 39.9 Å². The largest absolute Gasteiger partial charge is 0.335 e. The number of rotatable bonds is 4. The van der Waals surface area contributed by atoms with Gasteiger partial charge in [0.1, 0.15) is 0 Å². The lowest BCUT2D eigenvalue weighted by Crippen LogP contribution is -2.27. The zero-order valence-electron chi connectivity index (χ0n) is 15.3. The number of carbonyl (C=O) groups excluding carboxylic acids is 2. The number of terminal acetylenes is 1. The highest BCUT2D eigenvalue weighted by atomic mass is 32.2. The van der Waals surface area contributed by atoms with E-state index in [0.29, 0.717) is 22.6 Å². The smallest absolute Gasteiger partial charge is 0.293 e. The van der Waals surface area contributed by atoms with Crippen LogP contribution >= 0.6 is 11.8 Å². The molecular weight excluding hydrogens is 382 g/mol. The molecule has 1 aliphatic heterocycles. The molecule has 1 saturated heterocycles. The van der Waals surface area contributed by atoms with Gasteiger partial charge < -0.3 is 4.57 Å². The van der Waals surface area contributed by atoms with Crippen LogP contribution < -0.4 is 0 Å². The van der Waals surface area contributed by atoms with E-state index in [4.69, 9.17) is 6.42 Å². The summed E-state index contributed by atoms with van der Waals surface area (Å²) in [6.45, 7) is 0.491. The number of nitrogens with zero attached hydrogens (tertiary/aromatic N) is 3. The molecule has 2 amide bonds. The highest BCUT2D eigenvalue weighted by Gasteiger charge is 2.35. The number of fused-ring (bicyclic) bond motifs is 1. The van der Waals surface area contributed by atoms with E-state index >= 15 is 0 Å². The minimum atomic E-state index is -0.360. The summed E-state index contributed by atoms with van der Waals surface area (Å²) in [5.74, 6) is 2.27. The Morgan fingerprint density at radius 2 is 1.86 bits per heavy atom. The molecular formula is C23H15N3O2S. The molecule has 29 heavy (non-hydrogen) atoms. The normalized spacial score (nSPS) is 15.1. The molecule has 0 aliphatic carbocycles. The number of hydrogen-bond acceptors (Lipinski definition) is 4. The van der Waals surface area contributed by atoms with Crippen molar-refractivity contribution in [3.05, 3.63) is 76.3 Å². The van der Waals surface area contributed by atoms with E-state index in [-0.39, 0.29) is 17.7 Å². The Balaban J connectivity index is 1.68. The van der Waals surface area contributed by atoms with E-state index in [1.807, 2.05) is 35.0 Å². The van der Waals surface area contributed by atoms with Crippen LogP contribution in [-0.4, -0.2) is 20.6 Å². The summed E-state index contributed by atoms with van der Waals surface area (Å²) in [6, 6.07) is 16.8. The molecule has 0 bridgehead atoms. The van der Waals surface area contributed by atoms with Crippen LogP contribution in [0.3, 0.4) is 0 Å². The summed E-state index contributed by atoms with van der Waals surface area (Å²) in [6.07, 6.45) is 9.09. The topological polar surface area (TPSA) is 66.1 Å². The maximum Gasteiger partial charge on any atom is 0.293 e. The fourth-order valence-corrected chi connectivity index (χ4v) is 4.16. The molecule has 1 aromatic heterocycles. The molecule has 1 aliphatic rings. The van der Waals surface area contributed by atoms with Crippen molar-refractivity contribution in [1.82, 2.24) is 9.47 Å². The van der Waals surface area contributed by atoms with Gasteiger partial charge in [0, 0.05) is 22.7 Å². The first-order chi connectivity index (χ1) is 14.1.